The van der Waals surface area contributed by atoms with Gasteiger partial charge in [0.2, 0.25) is 5.89 Å². The molecule has 0 aliphatic heterocycles. The van der Waals surface area contributed by atoms with E-state index in [1.807, 2.05) is 37.7 Å². The monoisotopic (exact) mass is 288 g/mol. The summed E-state index contributed by atoms with van der Waals surface area (Å²) >= 11 is 0. The first-order valence-corrected chi connectivity index (χ1v) is 7.33. The first kappa shape index (κ1) is 13.9. The molecule has 0 bridgehead atoms. The molecule has 21 heavy (non-hydrogen) atoms. The number of aryl methyl sites for hydroxylation is 1. The Morgan fingerprint density at radius 2 is 2.29 bits per heavy atom. The van der Waals surface area contributed by atoms with E-state index in [2.05, 4.69) is 10.1 Å². The molecule has 2 aromatic rings. The normalized spacial score (nSPS) is 14.4. The molecule has 0 radical (unpaired) electrons. The Morgan fingerprint density at radius 3 is 2.86 bits per heavy atom. The van der Waals surface area contributed by atoms with E-state index in [4.69, 9.17) is 4.52 Å². The Morgan fingerprint density at radius 1 is 1.52 bits per heavy atom. The van der Waals surface area contributed by atoms with Crippen LogP contribution in [0.25, 0.3) is 0 Å². The van der Waals surface area contributed by atoms with Crippen LogP contribution in [-0.2, 0) is 13.6 Å². The minimum Gasteiger partial charge on any atom is -0.354 e. The van der Waals surface area contributed by atoms with Crippen molar-refractivity contribution in [2.75, 3.05) is 6.54 Å². The lowest BCUT2D eigenvalue weighted by atomic mass is 10.2. The van der Waals surface area contributed by atoms with Crippen LogP contribution in [0.2, 0.25) is 0 Å². The Bertz CT molecular complexity index is 654. The molecule has 1 aliphatic rings. The highest BCUT2D eigenvalue weighted by Gasteiger charge is 2.30. The minimum atomic E-state index is 0.00775. The Labute approximate surface area is 123 Å². The van der Waals surface area contributed by atoms with Crippen molar-refractivity contribution in [1.29, 1.82) is 0 Å². The standard InChI is InChI=1S/C15H20N4O2/c1-4-19(15(20)12-7-8-18(3)10(12)2)9-13-16-14(21-17-13)11-5-6-11/h7-8,11H,4-6,9H2,1-3H3. The van der Waals surface area contributed by atoms with Crippen LogP contribution in [-0.4, -0.2) is 32.1 Å². The molecule has 1 aliphatic carbocycles. The van der Waals surface area contributed by atoms with Crippen molar-refractivity contribution >= 4 is 5.91 Å². The predicted molar refractivity (Wildman–Crippen MR) is 76.8 cm³/mol. The van der Waals surface area contributed by atoms with Crippen molar-refractivity contribution in [2.45, 2.75) is 39.2 Å². The number of hydrogen-bond donors (Lipinski definition) is 0. The molecule has 0 atom stereocenters. The van der Waals surface area contributed by atoms with Crippen LogP contribution in [0.4, 0.5) is 0 Å². The van der Waals surface area contributed by atoms with Gasteiger partial charge in [0.05, 0.1) is 12.1 Å². The van der Waals surface area contributed by atoms with Crippen LogP contribution in [0.3, 0.4) is 0 Å². The topological polar surface area (TPSA) is 64.2 Å². The van der Waals surface area contributed by atoms with Crippen molar-refractivity contribution in [3.05, 3.63) is 35.2 Å². The summed E-state index contributed by atoms with van der Waals surface area (Å²) in [6.45, 7) is 4.90. The highest BCUT2D eigenvalue weighted by atomic mass is 16.5. The summed E-state index contributed by atoms with van der Waals surface area (Å²) in [5, 5.41) is 3.98. The molecule has 2 heterocycles. The third-order valence-electron chi connectivity index (χ3n) is 4.03. The molecule has 0 unspecified atom stereocenters. The van der Waals surface area contributed by atoms with Gasteiger partial charge >= 0.3 is 0 Å². The zero-order chi connectivity index (χ0) is 15.0. The maximum atomic E-state index is 12.6. The highest BCUT2D eigenvalue weighted by molar-refractivity contribution is 5.95. The Balaban J connectivity index is 1.74. The molecule has 1 amide bonds. The molecule has 0 N–H and O–H groups in total. The number of amides is 1. The van der Waals surface area contributed by atoms with Crippen LogP contribution >= 0.6 is 0 Å². The van der Waals surface area contributed by atoms with Gasteiger partial charge in [0.15, 0.2) is 5.82 Å². The SMILES string of the molecule is CCN(Cc1noc(C2CC2)n1)C(=O)c1ccn(C)c1C. The summed E-state index contributed by atoms with van der Waals surface area (Å²) in [5.41, 5.74) is 1.69. The summed E-state index contributed by atoms with van der Waals surface area (Å²) in [4.78, 5) is 18.7. The van der Waals surface area contributed by atoms with Crippen LogP contribution in [0.1, 0.15) is 53.5 Å². The van der Waals surface area contributed by atoms with Gasteiger partial charge in [-0.15, -0.1) is 0 Å². The number of hydrogen-bond acceptors (Lipinski definition) is 4. The first-order chi connectivity index (χ1) is 10.1. The van der Waals surface area contributed by atoms with Crippen molar-refractivity contribution in [1.82, 2.24) is 19.6 Å². The quantitative estimate of drug-likeness (QED) is 0.846. The lowest BCUT2D eigenvalue weighted by Gasteiger charge is -2.19. The van der Waals surface area contributed by atoms with Crippen molar-refractivity contribution in [3.8, 4) is 0 Å². The van der Waals surface area contributed by atoms with Gasteiger partial charge < -0.3 is 14.0 Å². The fourth-order valence-electron chi connectivity index (χ4n) is 2.33. The Kier molecular flexibility index (Phi) is 3.53. The molecule has 3 rings (SSSR count). The van der Waals surface area contributed by atoms with Crippen LogP contribution in [0, 0.1) is 6.92 Å². The smallest absolute Gasteiger partial charge is 0.256 e. The van der Waals surface area contributed by atoms with E-state index in [1.54, 1.807) is 4.90 Å². The molecule has 112 valence electrons. The minimum absolute atomic E-state index is 0.00775. The summed E-state index contributed by atoms with van der Waals surface area (Å²) in [6.07, 6.45) is 4.15. The lowest BCUT2D eigenvalue weighted by Crippen LogP contribution is -2.31. The number of carbonyl (C=O) groups is 1. The first-order valence-electron chi connectivity index (χ1n) is 7.33. The molecule has 0 saturated heterocycles. The summed E-state index contributed by atoms with van der Waals surface area (Å²) in [5.74, 6) is 1.74. The fraction of sp³-hybridized carbons (Fsp3) is 0.533. The molecule has 0 spiro atoms. The van der Waals surface area contributed by atoms with E-state index in [1.165, 1.54) is 0 Å². The maximum Gasteiger partial charge on any atom is 0.256 e. The van der Waals surface area contributed by atoms with Crippen molar-refractivity contribution in [2.24, 2.45) is 7.05 Å². The van der Waals surface area contributed by atoms with Gasteiger partial charge in [-0.25, -0.2) is 0 Å². The lowest BCUT2D eigenvalue weighted by molar-refractivity contribution is 0.0746. The molecular weight excluding hydrogens is 268 g/mol. The van der Waals surface area contributed by atoms with Crippen LogP contribution in [0.5, 0.6) is 0 Å². The molecule has 1 saturated carbocycles. The maximum absolute atomic E-state index is 12.6. The number of rotatable bonds is 5. The summed E-state index contributed by atoms with van der Waals surface area (Å²) in [6, 6.07) is 1.85. The molecule has 2 aromatic heterocycles. The van der Waals surface area contributed by atoms with Gasteiger partial charge in [-0.1, -0.05) is 5.16 Å². The average Bonchev–Trinajstić information content (AvgIpc) is 3.14. The fourth-order valence-corrected chi connectivity index (χ4v) is 2.33. The third kappa shape index (κ3) is 2.70. The molecule has 1 fully saturated rings. The van der Waals surface area contributed by atoms with E-state index >= 15 is 0 Å². The second-order valence-corrected chi connectivity index (χ2v) is 5.57. The van der Waals surface area contributed by atoms with E-state index in [-0.39, 0.29) is 5.91 Å². The number of aromatic nitrogens is 3. The van der Waals surface area contributed by atoms with E-state index < -0.39 is 0 Å². The molecule has 6 nitrogen and oxygen atoms in total. The summed E-state index contributed by atoms with van der Waals surface area (Å²) < 4.78 is 7.19. The van der Waals surface area contributed by atoms with E-state index in [0.717, 1.165) is 24.1 Å². The third-order valence-corrected chi connectivity index (χ3v) is 4.03. The second-order valence-electron chi connectivity index (χ2n) is 5.57. The molecule has 0 aromatic carbocycles. The second kappa shape index (κ2) is 5.35. The van der Waals surface area contributed by atoms with Gasteiger partial charge in [-0.3, -0.25) is 4.79 Å². The Hall–Kier alpha value is -2.11. The van der Waals surface area contributed by atoms with Gasteiger partial charge in [-0.2, -0.15) is 4.98 Å². The van der Waals surface area contributed by atoms with Crippen molar-refractivity contribution < 1.29 is 9.32 Å². The van der Waals surface area contributed by atoms with E-state index in [0.29, 0.717) is 30.7 Å². The molecule has 6 heteroatoms. The zero-order valence-corrected chi connectivity index (χ0v) is 12.7. The summed E-state index contributed by atoms with van der Waals surface area (Å²) in [7, 11) is 1.93. The van der Waals surface area contributed by atoms with Crippen molar-refractivity contribution in [3.63, 3.8) is 0 Å². The average molecular weight is 288 g/mol. The van der Waals surface area contributed by atoms with Crippen LogP contribution < -0.4 is 0 Å². The van der Waals surface area contributed by atoms with Gasteiger partial charge in [0, 0.05) is 31.4 Å². The largest absolute Gasteiger partial charge is 0.354 e. The van der Waals surface area contributed by atoms with Gasteiger partial charge in [0.1, 0.15) is 0 Å². The van der Waals surface area contributed by atoms with Gasteiger partial charge in [0.25, 0.3) is 5.91 Å². The van der Waals surface area contributed by atoms with Crippen LogP contribution in [0.15, 0.2) is 16.8 Å². The van der Waals surface area contributed by atoms with Gasteiger partial charge in [-0.05, 0) is 32.8 Å². The predicted octanol–water partition coefficient (Wildman–Crippen LogP) is 2.26. The molecular formula is C15H20N4O2. The number of carbonyl (C=O) groups excluding carboxylic acids is 1. The number of nitrogens with zero attached hydrogens (tertiary/aromatic N) is 4. The zero-order valence-electron chi connectivity index (χ0n) is 12.7. The highest BCUT2D eigenvalue weighted by Crippen LogP contribution is 2.38. The van der Waals surface area contributed by atoms with E-state index in [9.17, 15) is 4.79 Å².